The van der Waals surface area contributed by atoms with Crippen molar-refractivity contribution in [1.82, 2.24) is 20.2 Å². The number of nitrogens with one attached hydrogen (secondary N) is 2. The van der Waals surface area contributed by atoms with E-state index in [1.54, 1.807) is 23.1 Å². The molecule has 4 N–H and O–H groups in total. The molecule has 6 rings (SSSR count). The van der Waals surface area contributed by atoms with Crippen LogP contribution in [0, 0.1) is 0 Å². The van der Waals surface area contributed by atoms with Gasteiger partial charge in [-0.2, -0.15) is 5.10 Å². The zero-order valence-corrected chi connectivity index (χ0v) is 25.2. The number of carbonyl (C=O) groups is 1. The summed E-state index contributed by atoms with van der Waals surface area (Å²) in [6.07, 6.45) is 2.73. The number of hydrogen-bond acceptors (Lipinski definition) is 9. The molecular weight excluding hydrogens is 607 g/mol. The van der Waals surface area contributed by atoms with Gasteiger partial charge in [0.1, 0.15) is 37.7 Å². The third-order valence-electron chi connectivity index (χ3n) is 7.58. The number of piperazine rings is 1. The van der Waals surface area contributed by atoms with Crippen LogP contribution in [0.5, 0.6) is 5.75 Å². The number of nitrogens with zero attached hydrogens (tertiary/aromatic N) is 5. The summed E-state index contributed by atoms with van der Waals surface area (Å²) in [6, 6.07) is 20.6. The Kier molecular flexibility index (Phi) is 9.05. The van der Waals surface area contributed by atoms with Crippen molar-refractivity contribution in [2.75, 3.05) is 54.5 Å². The van der Waals surface area contributed by atoms with Gasteiger partial charge in [-0.05, 0) is 60.7 Å². The quantitative estimate of drug-likeness (QED) is 0.140. The lowest BCUT2D eigenvalue weighted by molar-refractivity contribution is -0.190. The van der Waals surface area contributed by atoms with Crippen molar-refractivity contribution in [2.24, 2.45) is 5.84 Å². The molecule has 2 atom stereocenters. The predicted molar refractivity (Wildman–Crippen MR) is 168 cm³/mol. The topological polar surface area (TPSA) is 132 Å². The second kappa shape index (κ2) is 13.3. The van der Waals surface area contributed by atoms with E-state index in [9.17, 15) is 4.79 Å². The lowest BCUT2D eigenvalue weighted by atomic mass is 10.1. The smallest absolute Gasteiger partial charge is 0.333 e. The standard InChI is InChI=1S/C30H32Cl2N8O4/c31-21-1-10-27(28(32)15-21)30(18-40-20-34-19-35-40)43-17-26(44-30)16-42-25-8-6-24(7-9-25)39-13-11-38(12-14-39)23-4-2-22(3-5-23)36-29(41)37-33/h1-10,15,19-20,26H,11-14,16-18,33H2,(H2,36,37,41)/t26-,30-/m0/s1. The van der Waals surface area contributed by atoms with Gasteiger partial charge in [-0.1, -0.05) is 29.3 Å². The van der Waals surface area contributed by atoms with Gasteiger partial charge in [0.05, 0.1) is 11.6 Å². The molecule has 2 fully saturated rings. The predicted octanol–water partition coefficient (Wildman–Crippen LogP) is 4.25. The first kappa shape index (κ1) is 30.0. The minimum Gasteiger partial charge on any atom is -0.491 e. The second-order valence-corrected chi connectivity index (χ2v) is 11.3. The molecule has 3 aromatic carbocycles. The molecule has 2 amide bonds. The van der Waals surface area contributed by atoms with Crippen molar-refractivity contribution in [3.8, 4) is 5.75 Å². The molecule has 0 unspecified atom stereocenters. The number of carbonyl (C=O) groups excluding carboxylic acids is 1. The summed E-state index contributed by atoms with van der Waals surface area (Å²) in [6.45, 7) is 4.39. The number of aromatic nitrogens is 3. The molecular formula is C30H32Cl2N8O4. The Balaban J connectivity index is 1.02. The Bertz CT molecular complexity index is 1550. The molecule has 2 saturated heterocycles. The van der Waals surface area contributed by atoms with E-state index < -0.39 is 11.8 Å². The molecule has 0 spiro atoms. The maximum absolute atomic E-state index is 11.4. The molecule has 0 saturated carbocycles. The van der Waals surface area contributed by atoms with Crippen molar-refractivity contribution in [3.05, 3.63) is 95.0 Å². The summed E-state index contributed by atoms with van der Waals surface area (Å²) in [5.41, 5.74) is 5.64. The van der Waals surface area contributed by atoms with Gasteiger partial charge < -0.3 is 29.3 Å². The molecule has 0 radical (unpaired) electrons. The molecule has 44 heavy (non-hydrogen) atoms. The molecule has 1 aromatic heterocycles. The first-order valence-electron chi connectivity index (χ1n) is 14.1. The van der Waals surface area contributed by atoms with Crippen LogP contribution >= 0.6 is 23.2 Å². The van der Waals surface area contributed by atoms with Crippen LogP contribution in [0.25, 0.3) is 0 Å². The molecule has 2 aliphatic heterocycles. The van der Waals surface area contributed by atoms with Crippen LogP contribution in [-0.2, 0) is 21.8 Å². The van der Waals surface area contributed by atoms with Gasteiger partial charge in [0.25, 0.3) is 0 Å². The molecule has 0 aliphatic carbocycles. The van der Waals surface area contributed by atoms with Gasteiger partial charge in [0.2, 0.25) is 5.79 Å². The Labute approximate surface area is 264 Å². The highest BCUT2D eigenvalue weighted by Crippen LogP contribution is 2.40. The number of urea groups is 1. The number of hydrogen-bond donors (Lipinski definition) is 3. The fourth-order valence-electron chi connectivity index (χ4n) is 5.37. The van der Waals surface area contributed by atoms with Gasteiger partial charge in [-0.25, -0.2) is 20.3 Å². The summed E-state index contributed by atoms with van der Waals surface area (Å²) in [5.74, 6) is 4.71. The zero-order valence-electron chi connectivity index (χ0n) is 23.7. The van der Waals surface area contributed by atoms with Gasteiger partial charge in [0, 0.05) is 53.8 Å². The van der Waals surface area contributed by atoms with E-state index in [-0.39, 0.29) is 12.6 Å². The minimum absolute atomic E-state index is 0.267. The highest BCUT2D eigenvalue weighted by Gasteiger charge is 2.45. The maximum Gasteiger partial charge on any atom is 0.333 e. The van der Waals surface area contributed by atoms with Gasteiger partial charge in [0.15, 0.2) is 0 Å². The van der Waals surface area contributed by atoms with Crippen LogP contribution in [0.3, 0.4) is 0 Å². The van der Waals surface area contributed by atoms with Crippen molar-refractivity contribution in [1.29, 1.82) is 0 Å². The van der Waals surface area contributed by atoms with E-state index >= 15 is 0 Å². The monoisotopic (exact) mass is 638 g/mol. The zero-order chi connectivity index (χ0) is 30.5. The van der Waals surface area contributed by atoms with Crippen molar-refractivity contribution >= 4 is 46.3 Å². The first-order chi connectivity index (χ1) is 21.4. The molecule has 12 nitrogen and oxygen atoms in total. The summed E-state index contributed by atoms with van der Waals surface area (Å²) in [7, 11) is 0. The average Bonchev–Trinajstić information content (AvgIpc) is 3.71. The number of benzene rings is 3. The third-order valence-corrected chi connectivity index (χ3v) is 8.12. The molecule has 2 aliphatic rings. The van der Waals surface area contributed by atoms with E-state index in [1.165, 1.54) is 6.33 Å². The lowest BCUT2D eigenvalue weighted by Crippen LogP contribution is -2.46. The number of nitrogens with two attached hydrogens (primary N) is 1. The van der Waals surface area contributed by atoms with E-state index in [0.717, 1.165) is 43.3 Å². The number of ether oxygens (including phenoxy) is 3. The lowest BCUT2D eigenvalue weighted by Gasteiger charge is -2.37. The Morgan fingerprint density at radius 3 is 2.30 bits per heavy atom. The third kappa shape index (κ3) is 6.85. The highest BCUT2D eigenvalue weighted by molar-refractivity contribution is 6.35. The molecule has 4 aromatic rings. The van der Waals surface area contributed by atoms with Crippen molar-refractivity contribution < 1.29 is 19.0 Å². The second-order valence-electron chi connectivity index (χ2n) is 10.4. The van der Waals surface area contributed by atoms with Gasteiger partial charge in [-0.15, -0.1) is 0 Å². The number of anilines is 3. The fraction of sp³-hybridized carbons (Fsp3) is 0.300. The van der Waals surface area contributed by atoms with Gasteiger partial charge >= 0.3 is 6.03 Å². The van der Waals surface area contributed by atoms with Crippen LogP contribution in [-0.4, -0.2) is 66.3 Å². The number of rotatable bonds is 9. The summed E-state index contributed by atoms with van der Waals surface area (Å²) < 4.78 is 20.4. The maximum atomic E-state index is 11.4. The Morgan fingerprint density at radius 1 is 1.00 bits per heavy atom. The average molecular weight is 640 g/mol. The largest absolute Gasteiger partial charge is 0.491 e. The molecule has 0 bridgehead atoms. The molecule has 3 heterocycles. The van der Waals surface area contributed by atoms with Crippen LogP contribution in [0.2, 0.25) is 10.0 Å². The van der Waals surface area contributed by atoms with E-state index in [1.807, 2.05) is 42.5 Å². The highest BCUT2D eigenvalue weighted by atomic mass is 35.5. The van der Waals surface area contributed by atoms with Gasteiger partial charge in [-0.3, -0.25) is 5.43 Å². The summed E-state index contributed by atoms with van der Waals surface area (Å²) in [4.78, 5) is 20.1. The minimum atomic E-state index is -1.16. The number of hydrazine groups is 1. The van der Waals surface area contributed by atoms with Crippen LogP contribution in [0.15, 0.2) is 79.4 Å². The number of halogens is 2. The van der Waals surface area contributed by atoms with Crippen LogP contribution in [0.1, 0.15) is 5.56 Å². The van der Waals surface area contributed by atoms with Crippen LogP contribution in [0.4, 0.5) is 21.9 Å². The SMILES string of the molecule is NNC(=O)Nc1ccc(N2CCN(c3ccc(OC[C@H]4CO[C@](Cn5cncn5)(c5ccc(Cl)cc5Cl)O4)cc3)CC2)cc1. The van der Waals surface area contributed by atoms with E-state index in [2.05, 4.69) is 42.8 Å². The number of amides is 2. The molecule has 230 valence electrons. The fourth-order valence-corrected chi connectivity index (χ4v) is 5.92. The summed E-state index contributed by atoms with van der Waals surface area (Å²) in [5, 5.41) is 7.85. The van der Waals surface area contributed by atoms with Crippen molar-refractivity contribution in [3.63, 3.8) is 0 Å². The van der Waals surface area contributed by atoms with Crippen molar-refractivity contribution in [2.45, 2.75) is 18.4 Å². The van der Waals surface area contributed by atoms with E-state index in [0.29, 0.717) is 34.5 Å². The summed E-state index contributed by atoms with van der Waals surface area (Å²) >= 11 is 12.7. The first-order valence-corrected chi connectivity index (χ1v) is 14.9. The normalized spacial score (nSPS) is 20.0. The van der Waals surface area contributed by atoms with Crippen LogP contribution < -0.4 is 31.1 Å². The Morgan fingerprint density at radius 2 is 1.68 bits per heavy atom. The Hall–Kier alpha value is -4.07. The molecule has 14 heteroatoms. The van der Waals surface area contributed by atoms with E-state index in [4.69, 9.17) is 43.3 Å².